The molecule has 1 aromatic rings. The molecule has 0 radical (unpaired) electrons. The maximum absolute atomic E-state index is 13.0. The van der Waals surface area contributed by atoms with Crippen molar-refractivity contribution in [2.45, 2.75) is 38.4 Å². The number of fused-ring (bicyclic) bond motifs is 1. The predicted octanol–water partition coefficient (Wildman–Crippen LogP) is 1.26. The molecule has 1 amide bonds. The fourth-order valence-electron chi connectivity index (χ4n) is 3.76. The number of ether oxygens (including phenoxy) is 4. The molecule has 0 unspecified atom stereocenters. The molecule has 9 nitrogen and oxygen atoms in total. The van der Waals surface area contributed by atoms with Crippen LogP contribution in [-0.4, -0.2) is 55.0 Å². The Hall–Kier alpha value is -3.07. The SMILES string of the molecule is CCOC(=O)C1=C(C)O[C@@](C(=O)OCC)([C@H]2C(=O)Nc3ccc(OC)cc32)[C@H]1O. The lowest BCUT2D eigenvalue weighted by molar-refractivity contribution is -0.178. The van der Waals surface area contributed by atoms with Gasteiger partial charge in [0.1, 0.15) is 29.1 Å². The highest BCUT2D eigenvalue weighted by molar-refractivity contribution is 6.08. The van der Waals surface area contributed by atoms with Gasteiger partial charge in [-0.1, -0.05) is 0 Å². The van der Waals surface area contributed by atoms with E-state index in [1.54, 1.807) is 32.0 Å². The number of rotatable bonds is 6. The second-order valence-electron chi connectivity index (χ2n) is 6.58. The Bertz CT molecular complexity index is 892. The van der Waals surface area contributed by atoms with Gasteiger partial charge in [0.15, 0.2) is 0 Å². The maximum atomic E-state index is 13.0. The van der Waals surface area contributed by atoms with Gasteiger partial charge in [-0.15, -0.1) is 0 Å². The Morgan fingerprint density at radius 1 is 1.24 bits per heavy atom. The van der Waals surface area contributed by atoms with Crippen molar-refractivity contribution in [2.75, 3.05) is 25.6 Å². The molecule has 9 heteroatoms. The van der Waals surface area contributed by atoms with E-state index in [4.69, 9.17) is 18.9 Å². The van der Waals surface area contributed by atoms with Crippen molar-refractivity contribution < 1.29 is 38.4 Å². The summed E-state index contributed by atoms with van der Waals surface area (Å²) in [6.07, 6.45) is -1.77. The number of esters is 2. The summed E-state index contributed by atoms with van der Waals surface area (Å²) in [7, 11) is 1.47. The number of anilines is 1. The standard InChI is InChI=1S/C20H23NO8/c1-5-27-18(24)14-10(3)29-20(16(14)22,19(25)28-6-2)15-12-9-11(26-4)7-8-13(12)21-17(15)23/h7-9,15-16,22H,5-6H2,1-4H3,(H,21,23)/t15-,16+,20+/m1/s1. The summed E-state index contributed by atoms with van der Waals surface area (Å²) in [6.45, 7) is 4.69. The fourth-order valence-corrected chi connectivity index (χ4v) is 3.76. The zero-order chi connectivity index (χ0) is 21.3. The number of carbonyl (C=O) groups excluding carboxylic acids is 3. The first-order chi connectivity index (χ1) is 13.8. The highest BCUT2D eigenvalue weighted by Gasteiger charge is 2.66. The van der Waals surface area contributed by atoms with Crippen molar-refractivity contribution in [1.29, 1.82) is 0 Å². The molecule has 2 aliphatic heterocycles. The van der Waals surface area contributed by atoms with Gasteiger partial charge in [-0.05, 0) is 44.5 Å². The quantitative estimate of drug-likeness (QED) is 0.679. The average Bonchev–Trinajstić information content (AvgIpc) is 3.14. The number of hydrogen-bond donors (Lipinski definition) is 2. The van der Waals surface area contributed by atoms with E-state index in [0.29, 0.717) is 17.0 Å². The van der Waals surface area contributed by atoms with E-state index in [1.807, 2.05) is 0 Å². The summed E-state index contributed by atoms with van der Waals surface area (Å²) in [5, 5.41) is 13.8. The Balaban J connectivity index is 2.15. The van der Waals surface area contributed by atoms with Crippen LogP contribution in [0.3, 0.4) is 0 Å². The minimum atomic E-state index is -2.18. The number of nitrogens with one attached hydrogen (secondary N) is 1. The molecular formula is C20H23NO8. The van der Waals surface area contributed by atoms with Crippen LogP contribution in [0, 0.1) is 0 Å². The summed E-state index contributed by atoms with van der Waals surface area (Å²) >= 11 is 0. The van der Waals surface area contributed by atoms with Crippen LogP contribution < -0.4 is 10.1 Å². The van der Waals surface area contributed by atoms with Gasteiger partial charge in [-0.3, -0.25) is 4.79 Å². The molecule has 156 valence electrons. The van der Waals surface area contributed by atoms with Gasteiger partial charge in [-0.25, -0.2) is 9.59 Å². The smallest absolute Gasteiger partial charge is 0.354 e. The van der Waals surface area contributed by atoms with Crippen LogP contribution >= 0.6 is 0 Å². The molecule has 2 aliphatic rings. The molecular weight excluding hydrogens is 382 g/mol. The van der Waals surface area contributed by atoms with E-state index in [0.717, 1.165) is 0 Å². The molecule has 2 N–H and O–H groups in total. The van der Waals surface area contributed by atoms with E-state index >= 15 is 0 Å². The fraction of sp³-hybridized carbons (Fsp3) is 0.450. The third kappa shape index (κ3) is 3.11. The van der Waals surface area contributed by atoms with E-state index in [9.17, 15) is 19.5 Å². The van der Waals surface area contributed by atoms with Crippen LogP contribution in [-0.2, 0) is 28.6 Å². The van der Waals surface area contributed by atoms with Gasteiger partial charge >= 0.3 is 11.9 Å². The van der Waals surface area contributed by atoms with E-state index < -0.39 is 35.5 Å². The number of allylic oxidation sites excluding steroid dienone is 1. The van der Waals surface area contributed by atoms with Gasteiger partial charge in [0.2, 0.25) is 5.91 Å². The van der Waals surface area contributed by atoms with Crippen LogP contribution in [0.4, 0.5) is 5.69 Å². The summed E-state index contributed by atoms with van der Waals surface area (Å²) in [4.78, 5) is 38.3. The molecule has 1 aromatic carbocycles. The summed E-state index contributed by atoms with van der Waals surface area (Å²) in [5.41, 5.74) is -1.56. The van der Waals surface area contributed by atoms with Crippen molar-refractivity contribution in [2.24, 2.45) is 0 Å². The van der Waals surface area contributed by atoms with Crippen molar-refractivity contribution in [1.82, 2.24) is 0 Å². The van der Waals surface area contributed by atoms with Crippen molar-refractivity contribution in [3.63, 3.8) is 0 Å². The molecule has 0 saturated carbocycles. The van der Waals surface area contributed by atoms with Gasteiger partial charge in [0, 0.05) is 5.69 Å². The van der Waals surface area contributed by atoms with Gasteiger partial charge in [0.05, 0.1) is 20.3 Å². The molecule has 2 heterocycles. The Morgan fingerprint density at radius 3 is 2.55 bits per heavy atom. The highest BCUT2D eigenvalue weighted by atomic mass is 16.6. The number of amides is 1. The van der Waals surface area contributed by atoms with Crippen LogP contribution in [0.25, 0.3) is 0 Å². The lowest BCUT2D eigenvalue weighted by atomic mass is 9.77. The number of benzene rings is 1. The first-order valence-electron chi connectivity index (χ1n) is 9.22. The zero-order valence-electron chi connectivity index (χ0n) is 16.6. The van der Waals surface area contributed by atoms with Gasteiger partial charge < -0.3 is 29.4 Å². The van der Waals surface area contributed by atoms with E-state index in [-0.39, 0.29) is 24.5 Å². The third-order valence-corrected chi connectivity index (χ3v) is 4.99. The lowest BCUT2D eigenvalue weighted by Gasteiger charge is -2.34. The van der Waals surface area contributed by atoms with Crippen molar-refractivity contribution in [3.05, 3.63) is 35.1 Å². The first-order valence-corrected chi connectivity index (χ1v) is 9.22. The summed E-state index contributed by atoms with van der Waals surface area (Å²) < 4.78 is 21.2. The van der Waals surface area contributed by atoms with Crippen LogP contribution in [0.5, 0.6) is 5.75 Å². The number of aliphatic hydroxyl groups is 1. The molecule has 0 fully saturated rings. The van der Waals surface area contributed by atoms with Crippen LogP contribution in [0.15, 0.2) is 29.5 Å². The molecule has 3 atom stereocenters. The first kappa shape index (κ1) is 20.7. The van der Waals surface area contributed by atoms with Crippen LogP contribution in [0.2, 0.25) is 0 Å². The van der Waals surface area contributed by atoms with Gasteiger partial charge in [-0.2, -0.15) is 0 Å². The topological polar surface area (TPSA) is 120 Å². The Kier molecular flexibility index (Phi) is 5.52. The number of methoxy groups -OCH3 is 1. The Morgan fingerprint density at radius 2 is 1.93 bits per heavy atom. The molecule has 0 spiro atoms. The van der Waals surface area contributed by atoms with E-state index in [1.165, 1.54) is 14.0 Å². The predicted molar refractivity (Wildman–Crippen MR) is 100 cm³/mol. The second kappa shape index (κ2) is 7.75. The third-order valence-electron chi connectivity index (χ3n) is 4.99. The maximum Gasteiger partial charge on any atom is 0.354 e. The second-order valence-corrected chi connectivity index (χ2v) is 6.58. The van der Waals surface area contributed by atoms with Crippen LogP contribution in [0.1, 0.15) is 32.3 Å². The van der Waals surface area contributed by atoms with E-state index in [2.05, 4.69) is 5.32 Å². The number of carbonyl (C=O) groups is 3. The minimum absolute atomic E-state index is 0.00634. The normalized spacial score (nSPS) is 25.2. The lowest BCUT2D eigenvalue weighted by Crippen LogP contribution is -2.56. The Labute approximate surface area is 167 Å². The number of aliphatic hydroxyl groups excluding tert-OH is 1. The summed E-state index contributed by atoms with van der Waals surface area (Å²) in [6, 6.07) is 4.85. The monoisotopic (exact) mass is 405 g/mol. The van der Waals surface area contributed by atoms with Crippen molar-refractivity contribution >= 4 is 23.5 Å². The molecule has 0 saturated heterocycles. The zero-order valence-corrected chi connectivity index (χ0v) is 16.6. The van der Waals surface area contributed by atoms with Crippen molar-refractivity contribution in [3.8, 4) is 5.75 Å². The largest absolute Gasteiger partial charge is 0.497 e. The molecule has 0 aromatic heterocycles. The summed E-state index contributed by atoms with van der Waals surface area (Å²) in [5.74, 6) is -3.18. The average molecular weight is 405 g/mol. The molecule has 3 rings (SSSR count). The molecule has 29 heavy (non-hydrogen) atoms. The molecule has 0 aliphatic carbocycles. The minimum Gasteiger partial charge on any atom is -0.497 e. The molecule has 0 bridgehead atoms. The highest BCUT2D eigenvalue weighted by Crippen LogP contribution is 2.50. The van der Waals surface area contributed by atoms with Gasteiger partial charge in [0.25, 0.3) is 5.60 Å². The number of hydrogen-bond acceptors (Lipinski definition) is 8.